The van der Waals surface area contributed by atoms with E-state index in [0.29, 0.717) is 18.3 Å². The molecule has 1 atom stereocenters. The number of likely N-dealkylation sites (N-methyl/N-ethyl adjacent to an activating group) is 1. The number of ether oxygens (including phenoxy) is 1. The van der Waals surface area contributed by atoms with Crippen molar-refractivity contribution < 1.29 is 9.66 Å². The van der Waals surface area contributed by atoms with Crippen molar-refractivity contribution in [1.82, 2.24) is 4.90 Å². The van der Waals surface area contributed by atoms with Crippen molar-refractivity contribution in [3.63, 3.8) is 0 Å². The van der Waals surface area contributed by atoms with Crippen LogP contribution in [0.5, 0.6) is 0 Å². The summed E-state index contributed by atoms with van der Waals surface area (Å²) >= 11 is 0. The maximum Gasteiger partial charge on any atom is 0.292 e. The van der Waals surface area contributed by atoms with E-state index in [1.54, 1.807) is 20.2 Å². The third-order valence-electron chi connectivity index (χ3n) is 3.12. The first-order valence-corrected chi connectivity index (χ1v) is 6.13. The molecule has 19 heavy (non-hydrogen) atoms. The van der Waals surface area contributed by atoms with Crippen molar-refractivity contribution in [2.75, 3.05) is 33.1 Å². The number of nitrogens with one attached hydrogen (secondary N) is 1. The lowest BCUT2D eigenvalue weighted by Gasteiger charge is -2.24. The first kappa shape index (κ1) is 15.4. The smallest absolute Gasteiger partial charge is 0.292 e. The molecular formula is C13H21N3O3. The normalized spacial score (nSPS) is 12.5. The Bertz CT molecular complexity index is 437. The van der Waals surface area contributed by atoms with Crippen molar-refractivity contribution in [3.05, 3.63) is 33.9 Å². The first-order chi connectivity index (χ1) is 8.99. The number of methoxy groups -OCH3 is 1. The van der Waals surface area contributed by atoms with Gasteiger partial charge >= 0.3 is 0 Å². The summed E-state index contributed by atoms with van der Waals surface area (Å²) in [7, 11) is 5.36. The quantitative estimate of drug-likeness (QED) is 0.605. The summed E-state index contributed by atoms with van der Waals surface area (Å²) in [5.41, 5.74) is 1.66. The molecular weight excluding hydrogens is 246 g/mol. The highest BCUT2D eigenvalue weighted by Crippen LogP contribution is 2.25. The highest BCUT2D eigenvalue weighted by atomic mass is 16.6. The number of hydrogen-bond acceptors (Lipinski definition) is 5. The molecule has 1 unspecified atom stereocenters. The highest BCUT2D eigenvalue weighted by molar-refractivity contribution is 5.62. The summed E-state index contributed by atoms with van der Waals surface area (Å²) in [6.45, 7) is 3.45. The number of anilines is 1. The Kier molecular flexibility index (Phi) is 5.72. The van der Waals surface area contributed by atoms with E-state index in [1.807, 2.05) is 13.1 Å². The van der Waals surface area contributed by atoms with Gasteiger partial charge in [0.05, 0.1) is 11.5 Å². The maximum atomic E-state index is 10.8. The van der Waals surface area contributed by atoms with Crippen LogP contribution < -0.4 is 5.32 Å². The molecule has 106 valence electrons. The zero-order valence-electron chi connectivity index (χ0n) is 11.8. The van der Waals surface area contributed by atoms with Gasteiger partial charge < -0.3 is 10.1 Å². The van der Waals surface area contributed by atoms with E-state index < -0.39 is 0 Å². The first-order valence-electron chi connectivity index (χ1n) is 6.13. The lowest BCUT2D eigenvalue weighted by molar-refractivity contribution is -0.384. The van der Waals surface area contributed by atoms with Crippen LogP contribution in [0, 0.1) is 10.1 Å². The standard InChI is InChI=1S/C13H21N3O3/c1-10(9-19-4)15(3)8-11-5-6-13(16(17)18)12(7-11)14-2/h5-7,10,14H,8-9H2,1-4H3. The Labute approximate surface area is 113 Å². The number of nitrogens with zero attached hydrogens (tertiary/aromatic N) is 2. The predicted molar refractivity (Wildman–Crippen MR) is 75.4 cm³/mol. The summed E-state index contributed by atoms with van der Waals surface area (Å²) in [4.78, 5) is 12.6. The Hall–Kier alpha value is -1.66. The van der Waals surface area contributed by atoms with Crippen LogP contribution in [0.25, 0.3) is 0 Å². The zero-order valence-corrected chi connectivity index (χ0v) is 11.8. The molecule has 6 heteroatoms. The van der Waals surface area contributed by atoms with Crippen LogP contribution in [-0.2, 0) is 11.3 Å². The van der Waals surface area contributed by atoms with Crippen molar-refractivity contribution in [1.29, 1.82) is 0 Å². The van der Waals surface area contributed by atoms with Crippen molar-refractivity contribution >= 4 is 11.4 Å². The second-order valence-corrected chi connectivity index (χ2v) is 4.58. The van der Waals surface area contributed by atoms with E-state index in [-0.39, 0.29) is 10.6 Å². The van der Waals surface area contributed by atoms with Gasteiger partial charge in [0.2, 0.25) is 0 Å². The van der Waals surface area contributed by atoms with Crippen LogP contribution in [0.15, 0.2) is 18.2 Å². The van der Waals surface area contributed by atoms with Crippen LogP contribution in [0.4, 0.5) is 11.4 Å². The van der Waals surface area contributed by atoms with Gasteiger partial charge in [-0.05, 0) is 25.6 Å². The van der Waals surface area contributed by atoms with E-state index in [2.05, 4.69) is 17.1 Å². The maximum absolute atomic E-state index is 10.8. The highest BCUT2D eigenvalue weighted by Gasteiger charge is 2.15. The molecule has 0 aliphatic rings. The third-order valence-corrected chi connectivity index (χ3v) is 3.12. The van der Waals surface area contributed by atoms with Crippen molar-refractivity contribution in [2.45, 2.75) is 19.5 Å². The summed E-state index contributed by atoms with van der Waals surface area (Å²) in [6, 6.07) is 5.43. The molecule has 1 aromatic rings. The molecule has 0 aromatic heterocycles. The topological polar surface area (TPSA) is 67.6 Å². The van der Waals surface area contributed by atoms with Gasteiger partial charge in [0.15, 0.2) is 0 Å². The van der Waals surface area contributed by atoms with Gasteiger partial charge in [-0.15, -0.1) is 0 Å². The van der Waals surface area contributed by atoms with Gasteiger partial charge in [-0.25, -0.2) is 0 Å². The van der Waals surface area contributed by atoms with Gasteiger partial charge in [0.1, 0.15) is 5.69 Å². The van der Waals surface area contributed by atoms with Gasteiger partial charge in [0, 0.05) is 32.8 Å². The number of benzene rings is 1. The fourth-order valence-electron chi connectivity index (χ4n) is 1.85. The molecule has 0 radical (unpaired) electrons. The number of nitro benzene ring substituents is 1. The second-order valence-electron chi connectivity index (χ2n) is 4.58. The van der Waals surface area contributed by atoms with Gasteiger partial charge in [-0.2, -0.15) is 0 Å². The fourth-order valence-corrected chi connectivity index (χ4v) is 1.85. The largest absolute Gasteiger partial charge is 0.383 e. The summed E-state index contributed by atoms with van der Waals surface area (Å²) in [6.07, 6.45) is 0. The van der Waals surface area contributed by atoms with E-state index in [0.717, 1.165) is 12.1 Å². The minimum Gasteiger partial charge on any atom is -0.383 e. The summed E-state index contributed by atoms with van der Waals surface area (Å²) in [5.74, 6) is 0. The average Bonchev–Trinajstić information content (AvgIpc) is 2.38. The summed E-state index contributed by atoms with van der Waals surface area (Å²) < 4.78 is 5.11. The molecule has 0 bridgehead atoms. The Morgan fingerprint density at radius 2 is 2.21 bits per heavy atom. The molecule has 1 rings (SSSR count). The van der Waals surface area contributed by atoms with Crippen LogP contribution in [0.3, 0.4) is 0 Å². The molecule has 0 saturated carbocycles. The average molecular weight is 267 g/mol. The number of rotatable bonds is 7. The molecule has 0 heterocycles. The van der Waals surface area contributed by atoms with Crippen molar-refractivity contribution in [3.8, 4) is 0 Å². The van der Waals surface area contributed by atoms with Crippen LogP contribution in [0.1, 0.15) is 12.5 Å². The molecule has 0 aliphatic carbocycles. The van der Waals surface area contributed by atoms with Crippen LogP contribution in [-0.4, -0.2) is 43.7 Å². The molecule has 0 fully saturated rings. The summed E-state index contributed by atoms with van der Waals surface area (Å²) in [5, 5.41) is 13.7. The lowest BCUT2D eigenvalue weighted by atomic mass is 10.1. The molecule has 1 N–H and O–H groups in total. The van der Waals surface area contributed by atoms with E-state index in [4.69, 9.17) is 4.74 Å². The molecule has 0 spiro atoms. The molecule has 0 amide bonds. The van der Waals surface area contributed by atoms with Gasteiger partial charge in [0.25, 0.3) is 5.69 Å². The minimum atomic E-state index is -0.382. The Morgan fingerprint density at radius 3 is 2.74 bits per heavy atom. The molecule has 6 nitrogen and oxygen atoms in total. The SMILES string of the molecule is CNc1cc(CN(C)C(C)COC)ccc1[N+](=O)[O-]. The van der Waals surface area contributed by atoms with E-state index in [1.165, 1.54) is 6.07 Å². The predicted octanol–water partition coefficient (Wildman–Crippen LogP) is 2.10. The Balaban J connectivity index is 2.82. The van der Waals surface area contributed by atoms with Gasteiger partial charge in [-0.3, -0.25) is 15.0 Å². The fraction of sp³-hybridized carbons (Fsp3) is 0.538. The van der Waals surface area contributed by atoms with Crippen LogP contribution in [0.2, 0.25) is 0 Å². The van der Waals surface area contributed by atoms with E-state index in [9.17, 15) is 10.1 Å². The van der Waals surface area contributed by atoms with E-state index >= 15 is 0 Å². The number of nitro groups is 1. The lowest BCUT2D eigenvalue weighted by Crippen LogP contribution is -2.32. The molecule has 0 aliphatic heterocycles. The van der Waals surface area contributed by atoms with Crippen molar-refractivity contribution in [2.24, 2.45) is 0 Å². The number of hydrogen-bond donors (Lipinski definition) is 1. The zero-order chi connectivity index (χ0) is 14.4. The minimum absolute atomic E-state index is 0.0962. The molecule has 0 saturated heterocycles. The molecule has 1 aromatic carbocycles. The second kappa shape index (κ2) is 7.06. The van der Waals surface area contributed by atoms with Gasteiger partial charge in [-0.1, -0.05) is 6.07 Å². The monoisotopic (exact) mass is 267 g/mol. The third kappa shape index (κ3) is 4.18. The van der Waals surface area contributed by atoms with Crippen LogP contribution >= 0.6 is 0 Å². The Morgan fingerprint density at radius 1 is 1.53 bits per heavy atom.